The quantitative estimate of drug-likeness (QED) is 0.878. The summed E-state index contributed by atoms with van der Waals surface area (Å²) in [6.45, 7) is 2.33. The van der Waals surface area contributed by atoms with Crippen LogP contribution in [0.5, 0.6) is 11.5 Å². The number of aromatic nitrogens is 2. The van der Waals surface area contributed by atoms with Gasteiger partial charge in [-0.05, 0) is 35.0 Å². The number of hydrogen-bond acceptors (Lipinski definition) is 4. The third-order valence-electron chi connectivity index (χ3n) is 2.81. The van der Waals surface area contributed by atoms with Gasteiger partial charge in [-0.15, -0.1) is 0 Å². The molecule has 0 fully saturated rings. The molecule has 5 nitrogen and oxygen atoms in total. The lowest BCUT2D eigenvalue weighted by Crippen LogP contribution is -2.04. The molecular formula is C13H16BrN3O2. The van der Waals surface area contributed by atoms with Crippen molar-refractivity contribution in [3.05, 3.63) is 34.1 Å². The monoisotopic (exact) mass is 325 g/mol. The van der Waals surface area contributed by atoms with Crippen molar-refractivity contribution in [3.63, 3.8) is 0 Å². The van der Waals surface area contributed by atoms with Crippen molar-refractivity contribution in [1.82, 2.24) is 9.78 Å². The molecule has 0 bridgehead atoms. The summed E-state index contributed by atoms with van der Waals surface area (Å²) < 4.78 is 13.8. The number of rotatable bonds is 4. The van der Waals surface area contributed by atoms with Gasteiger partial charge in [-0.1, -0.05) is 0 Å². The van der Waals surface area contributed by atoms with Crippen LogP contribution >= 0.6 is 15.9 Å². The van der Waals surface area contributed by atoms with Crippen molar-refractivity contribution in [2.45, 2.75) is 13.5 Å². The highest BCUT2D eigenvalue weighted by Gasteiger charge is 2.12. The van der Waals surface area contributed by atoms with E-state index in [4.69, 9.17) is 15.2 Å². The van der Waals surface area contributed by atoms with E-state index in [1.165, 1.54) is 0 Å². The van der Waals surface area contributed by atoms with E-state index in [1.807, 2.05) is 14.0 Å². The zero-order valence-electron chi connectivity index (χ0n) is 11.1. The average Bonchev–Trinajstić information content (AvgIpc) is 2.61. The van der Waals surface area contributed by atoms with Crippen molar-refractivity contribution in [3.8, 4) is 11.5 Å². The number of anilines is 1. The number of halogens is 1. The lowest BCUT2D eigenvalue weighted by molar-refractivity contribution is 0.275. The Morgan fingerprint density at radius 2 is 2.11 bits per heavy atom. The van der Waals surface area contributed by atoms with Gasteiger partial charge in [0.15, 0.2) is 11.5 Å². The Bertz CT molecular complexity index is 596. The second kappa shape index (κ2) is 5.52. The molecule has 0 radical (unpaired) electrons. The Labute approximate surface area is 120 Å². The van der Waals surface area contributed by atoms with Crippen LogP contribution < -0.4 is 15.2 Å². The highest BCUT2D eigenvalue weighted by atomic mass is 79.9. The van der Waals surface area contributed by atoms with E-state index in [2.05, 4.69) is 21.0 Å². The maximum absolute atomic E-state index is 5.77. The Kier molecular flexibility index (Phi) is 3.99. The third-order valence-corrected chi connectivity index (χ3v) is 3.85. The van der Waals surface area contributed by atoms with Crippen molar-refractivity contribution in [2.24, 2.45) is 7.05 Å². The Hall–Kier alpha value is -1.69. The van der Waals surface area contributed by atoms with Crippen molar-refractivity contribution in [2.75, 3.05) is 12.8 Å². The van der Waals surface area contributed by atoms with Crippen LogP contribution in [0.25, 0.3) is 0 Å². The van der Waals surface area contributed by atoms with Crippen LogP contribution in [0.4, 0.5) is 5.69 Å². The molecular weight excluding hydrogens is 310 g/mol. The third kappa shape index (κ3) is 2.84. The molecule has 1 heterocycles. The minimum atomic E-state index is 0.387. The average molecular weight is 326 g/mol. The van der Waals surface area contributed by atoms with Gasteiger partial charge in [-0.2, -0.15) is 5.10 Å². The lowest BCUT2D eigenvalue weighted by Gasteiger charge is -2.11. The lowest BCUT2D eigenvalue weighted by atomic mass is 10.3. The van der Waals surface area contributed by atoms with Crippen LogP contribution in [0, 0.1) is 6.92 Å². The van der Waals surface area contributed by atoms with Gasteiger partial charge in [0, 0.05) is 18.8 Å². The van der Waals surface area contributed by atoms with E-state index in [-0.39, 0.29) is 0 Å². The van der Waals surface area contributed by atoms with Gasteiger partial charge in [0.25, 0.3) is 0 Å². The highest BCUT2D eigenvalue weighted by Crippen LogP contribution is 2.30. The number of nitrogens with zero attached hydrogens (tertiary/aromatic N) is 2. The highest BCUT2D eigenvalue weighted by molar-refractivity contribution is 9.10. The van der Waals surface area contributed by atoms with E-state index in [1.54, 1.807) is 30.0 Å². The molecule has 0 aliphatic rings. The molecule has 2 aromatic rings. The molecule has 0 unspecified atom stereocenters. The molecule has 0 aliphatic carbocycles. The molecule has 2 N–H and O–H groups in total. The van der Waals surface area contributed by atoms with E-state index < -0.39 is 0 Å². The molecule has 0 amide bonds. The predicted molar refractivity (Wildman–Crippen MR) is 77.4 cm³/mol. The number of methoxy groups -OCH3 is 1. The van der Waals surface area contributed by atoms with Crippen LogP contribution in [0.2, 0.25) is 0 Å². The maximum Gasteiger partial charge on any atom is 0.163 e. The number of benzene rings is 1. The van der Waals surface area contributed by atoms with Gasteiger partial charge in [0.2, 0.25) is 0 Å². The first-order valence-corrected chi connectivity index (χ1v) is 6.56. The van der Waals surface area contributed by atoms with Gasteiger partial charge < -0.3 is 15.2 Å². The fraction of sp³-hybridized carbons (Fsp3) is 0.308. The van der Waals surface area contributed by atoms with Crippen molar-refractivity contribution < 1.29 is 9.47 Å². The first-order chi connectivity index (χ1) is 9.02. The number of nitrogens with two attached hydrogens (primary N) is 1. The number of ether oxygens (including phenoxy) is 2. The normalized spacial score (nSPS) is 10.5. The molecule has 19 heavy (non-hydrogen) atoms. The number of aryl methyl sites for hydroxylation is 2. The molecule has 0 saturated heterocycles. The Balaban J connectivity index is 2.21. The smallest absolute Gasteiger partial charge is 0.163 e. The second-order valence-electron chi connectivity index (χ2n) is 4.17. The maximum atomic E-state index is 5.77. The molecule has 0 spiro atoms. The summed E-state index contributed by atoms with van der Waals surface area (Å²) in [5, 5.41) is 4.32. The van der Waals surface area contributed by atoms with E-state index >= 15 is 0 Å². The summed E-state index contributed by atoms with van der Waals surface area (Å²) in [6.07, 6.45) is 0. The van der Waals surface area contributed by atoms with Gasteiger partial charge in [-0.25, -0.2) is 0 Å². The Morgan fingerprint density at radius 1 is 1.37 bits per heavy atom. The molecule has 1 aromatic carbocycles. The van der Waals surface area contributed by atoms with Crippen LogP contribution in [0.3, 0.4) is 0 Å². The fourth-order valence-corrected chi connectivity index (χ4v) is 2.24. The van der Waals surface area contributed by atoms with Crippen LogP contribution in [-0.2, 0) is 13.7 Å². The first-order valence-electron chi connectivity index (χ1n) is 5.77. The summed E-state index contributed by atoms with van der Waals surface area (Å²) in [6, 6.07) is 5.31. The summed E-state index contributed by atoms with van der Waals surface area (Å²) >= 11 is 3.51. The Morgan fingerprint density at radius 3 is 2.68 bits per heavy atom. The van der Waals surface area contributed by atoms with E-state index in [9.17, 15) is 0 Å². The standard InChI is InChI=1S/C13H16BrN3O2/c1-8-13(14)10(17(2)16-8)7-19-12-6-9(15)4-5-11(12)18-3/h4-6H,7,15H2,1-3H3. The van der Waals surface area contributed by atoms with Gasteiger partial charge in [-0.3, -0.25) is 4.68 Å². The predicted octanol–water partition coefficient (Wildman–Crippen LogP) is 2.66. The molecule has 2 rings (SSSR count). The SMILES string of the molecule is COc1ccc(N)cc1OCc1c(Br)c(C)nn1C. The first kappa shape index (κ1) is 13.7. The second-order valence-corrected chi connectivity index (χ2v) is 4.96. The molecule has 6 heteroatoms. The minimum absolute atomic E-state index is 0.387. The summed E-state index contributed by atoms with van der Waals surface area (Å²) in [5.41, 5.74) is 8.28. The molecule has 1 aromatic heterocycles. The summed E-state index contributed by atoms with van der Waals surface area (Å²) in [7, 11) is 3.48. The number of hydrogen-bond donors (Lipinski definition) is 1. The van der Waals surface area contributed by atoms with Gasteiger partial charge in [0.1, 0.15) is 6.61 Å². The van der Waals surface area contributed by atoms with Crippen molar-refractivity contribution >= 4 is 21.6 Å². The summed E-state index contributed by atoms with van der Waals surface area (Å²) in [4.78, 5) is 0. The van der Waals surface area contributed by atoms with Crippen LogP contribution in [0.1, 0.15) is 11.4 Å². The van der Waals surface area contributed by atoms with Crippen LogP contribution in [-0.4, -0.2) is 16.9 Å². The van der Waals surface area contributed by atoms with E-state index in [0.29, 0.717) is 23.8 Å². The minimum Gasteiger partial charge on any atom is -0.493 e. The summed E-state index contributed by atoms with van der Waals surface area (Å²) in [5.74, 6) is 1.28. The number of nitrogen functional groups attached to an aromatic ring is 1. The van der Waals surface area contributed by atoms with Crippen LogP contribution in [0.15, 0.2) is 22.7 Å². The van der Waals surface area contributed by atoms with Gasteiger partial charge in [0.05, 0.1) is 23.0 Å². The molecule has 0 atom stereocenters. The topological polar surface area (TPSA) is 62.3 Å². The molecule has 0 aliphatic heterocycles. The van der Waals surface area contributed by atoms with E-state index in [0.717, 1.165) is 15.9 Å². The fourth-order valence-electron chi connectivity index (χ4n) is 1.79. The van der Waals surface area contributed by atoms with Gasteiger partial charge >= 0.3 is 0 Å². The zero-order valence-corrected chi connectivity index (χ0v) is 12.7. The zero-order chi connectivity index (χ0) is 14.0. The molecule has 102 valence electrons. The molecule has 0 saturated carbocycles. The van der Waals surface area contributed by atoms with Crippen molar-refractivity contribution in [1.29, 1.82) is 0 Å². The largest absolute Gasteiger partial charge is 0.493 e.